The third-order valence-electron chi connectivity index (χ3n) is 0. The standard InChI is InChI=1S/CHCl2.CH3.2ClH.H2O.Ti/c2-1-3;;;;;/h1H;1H3;2*1H;1H2;/q2*-1;;;;+4/p-2. The molecule has 0 aliphatic rings. The first kappa shape index (κ1) is 52.2. The molecule has 2 N–H and O–H groups in total. The van der Waals surface area contributed by atoms with Gasteiger partial charge < -0.3 is 60.9 Å². The largest absolute Gasteiger partial charge is 4.00 e. The summed E-state index contributed by atoms with van der Waals surface area (Å²) >= 11 is 9.28. The van der Waals surface area contributed by atoms with Crippen LogP contribution >= 0.6 is 23.2 Å². The quantitative estimate of drug-likeness (QED) is 0.298. The second-order valence-electron chi connectivity index (χ2n) is 0.0825. The van der Waals surface area contributed by atoms with E-state index >= 15 is 0 Å². The zero-order valence-corrected chi connectivity index (χ0v) is 8.67. The van der Waals surface area contributed by atoms with E-state index in [0.29, 0.717) is 0 Å². The van der Waals surface area contributed by atoms with E-state index in [1.54, 1.807) is 0 Å². The van der Waals surface area contributed by atoms with Gasteiger partial charge in [-0.15, -0.1) is 0 Å². The molecule has 0 bridgehead atoms. The maximum absolute atomic E-state index is 4.64. The first-order valence-electron chi connectivity index (χ1n) is 0.436. The van der Waals surface area contributed by atoms with E-state index < -0.39 is 0 Å². The summed E-state index contributed by atoms with van der Waals surface area (Å²) in [5, 5.41) is 0.944. The summed E-state index contributed by atoms with van der Waals surface area (Å²) in [6.45, 7) is 0. The average Bonchev–Trinajstić information content (AvgIpc) is 0.918. The minimum absolute atomic E-state index is 0. The fourth-order valence-corrected chi connectivity index (χ4v) is 0. The number of hydrogen-bond donors (Lipinski definition) is 0. The molecule has 6 heteroatoms. The Bertz CT molecular complexity index is 14.0. The van der Waals surface area contributed by atoms with Crippen LogP contribution in [-0.2, 0) is 21.7 Å². The van der Waals surface area contributed by atoms with E-state index in [0.717, 1.165) is 5.34 Å². The van der Waals surface area contributed by atoms with Gasteiger partial charge in [0, 0.05) is 0 Å². The average molecular weight is 236 g/mol. The van der Waals surface area contributed by atoms with E-state index in [4.69, 9.17) is 0 Å². The van der Waals surface area contributed by atoms with E-state index in [1.807, 2.05) is 0 Å². The molecule has 0 aromatic carbocycles. The van der Waals surface area contributed by atoms with Crippen molar-refractivity contribution in [1.82, 2.24) is 0 Å². The molecule has 0 aliphatic heterocycles. The molecule has 0 spiro atoms. The Kier molecular flexibility index (Phi) is 440. The van der Waals surface area contributed by atoms with Gasteiger partial charge in [0.05, 0.1) is 0 Å². The van der Waals surface area contributed by atoms with Gasteiger partial charge in [-0.25, -0.2) is 0 Å². The van der Waals surface area contributed by atoms with Gasteiger partial charge in [-0.3, -0.25) is 0 Å². The molecule has 0 saturated heterocycles. The van der Waals surface area contributed by atoms with Gasteiger partial charge in [0.25, 0.3) is 0 Å². The molecule has 0 fully saturated rings. The van der Waals surface area contributed by atoms with Gasteiger partial charge in [0.2, 0.25) is 0 Å². The SMILES string of the molecule is Cl[CH-]Cl.O.[CH3-].[Cl-].[Cl-].[Ti+4]. The van der Waals surface area contributed by atoms with Gasteiger partial charge in [-0.05, 0) is 0 Å². The Labute approximate surface area is 87.5 Å². The maximum Gasteiger partial charge on any atom is 4.00 e. The van der Waals surface area contributed by atoms with Crippen LogP contribution in [0.4, 0.5) is 0 Å². The molecule has 52 valence electrons. The number of hydrogen-bond acceptors (Lipinski definition) is 0. The van der Waals surface area contributed by atoms with Crippen LogP contribution in [-0.4, -0.2) is 5.48 Å². The summed E-state index contributed by atoms with van der Waals surface area (Å²) in [7, 11) is 0. The van der Waals surface area contributed by atoms with Crippen LogP contribution in [0.15, 0.2) is 0 Å². The van der Waals surface area contributed by atoms with Crippen molar-refractivity contribution in [2.45, 2.75) is 0 Å². The third-order valence-corrected chi connectivity index (χ3v) is 0. The predicted molar refractivity (Wildman–Crippen MR) is 26.0 cm³/mol. The molecule has 0 unspecified atom stereocenters. The summed E-state index contributed by atoms with van der Waals surface area (Å²) in [5.74, 6) is 0. The molecule has 8 heavy (non-hydrogen) atoms. The molecule has 0 heterocycles. The van der Waals surface area contributed by atoms with Crippen LogP contribution in [0.2, 0.25) is 0 Å². The van der Waals surface area contributed by atoms with Crippen molar-refractivity contribution < 1.29 is 52.0 Å². The van der Waals surface area contributed by atoms with E-state index in [2.05, 4.69) is 23.2 Å². The minimum atomic E-state index is 0. The van der Waals surface area contributed by atoms with Crippen LogP contribution in [0, 0.1) is 12.8 Å². The molecule has 0 saturated carbocycles. The number of halogens is 4. The number of rotatable bonds is 0. The summed E-state index contributed by atoms with van der Waals surface area (Å²) in [4.78, 5) is 0. The predicted octanol–water partition coefficient (Wildman–Crippen LogP) is -4.79. The van der Waals surface area contributed by atoms with Crippen molar-refractivity contribution in [2.75, 3.05) is 0 Å². The Morgan fingerprint density at radius 3 is 1.00 bits per heavy atom. The summed E-state index contributed by atoms with van der Waals surface area (Å²) < 4.78 is 0. The van der Waals surface area contributed by atoms with Crippen LogP contribution in [0.1, 0.15) is 0 Å². The monoisotopic (exact) mass is 234 g/mol. The van der Waals surface area contributed by atoms with E-state index in [-0.39, 0.29) is 59.4 Å². The smallest absolute Gasteiger partial charge is 1.00 e. The molecule has 0 rings (SSSR count). The van der Waals surface area contributed by atoms with E-state index in [1.165, 1.54) is 0 Å². The topological polar surface area (TPSA) is 31.5 Å². The second-order valence-corrected chi connectivity index (χ2v) is 0.742. The summed E-state index contributed by atoms with van der Waals surface area (Å²) in [5.41, 5.74) is 0. The molecule has 0 atom stereocenters. The Balaban J connectivity index is -0.00000000200. The minimum Gasteiger partial charge on any atom is -1.00 e. The first-order valence-corrected chi connectivity index (χ1v) is 1.31. The molecule has 0 radical (unpaired) electrons. The molecule has 0 amide bonds. The van der Waals surface area contributed by atoms with Crippen LogP contribution in [0.5, 0.6) is 0 Å². The van der Waals surface area contributed by atoms with Gasteiger partial charge in [0.1, 0.15) is 0 Å². The molecule has 0 aromatic rings. The van der Waals surface area contributed by atoms with Crippen molar-refractivity contribution in [1.29, 1.82) is 0 Å². The first-order chi connectivity index (χ1) is 1.41. The molecule has 1 nitrogen and oxygen atoms in total. The fourth-order valence-electron chi connectivity index (χ4n) is 0. The van der Waals surface area contributed by atoms with Gasteiger partial charge >= 0.3 is 21.7 Å². The Morgan fingerprint density at radius 1 is 1.00 bits per heavy atom. The third kappa shape index (κ3) is 109. The van der Waals surface area contributed by atoms with Gasteiger partial charge in [0.15, 0.2) is 0 Å². The van der Waals surface area contributed by atoms with Gasteiger partial charge in [-0.1, -0.05) is 0 Å². The van der Waals surface area contributed by atoms with Crippen LogP contribution in [0.25, 0.3) is 0 Å². The van der Waals surface area contributed by atoms with Crippen LogP contribution < -0.4 is 24.8 Å². The Morgan fingerprint density at radius 2 is 1.00 bits per heavy atom. The zero-order chi connectivity index (χ0) is 2.71. The molecular weight excluding hydrogens is 230 g/mol. The van der Waals surface area contributed by atoms with Crippen molar-refractivity contribution in [3.8, 4) is 0 Å². The molecular formula is C2H6Cl4OTi. The van der Waals surface area contributed by atoms with Gasteiger partial charge in [-0.2, -0.15) is 5.34 Å². The zero-order valence-electron chi connectivity index (χ0n) is 4.09. The summed E-state index contributed by atoms with van der Waals surface area (Å²) in [6.07, 6.45) is 0. The molecule has 0 aromatic heterocycles. The van der Waals surface area contributed by atoms with Crippen LogP contribution in [0.3, 0.4) is 0 Å². The molecule has 0 aliphatic carbocycles. The van der Waals surface area contributed by atoms with Crippen molar-refractivity contribution >= 4 is 23.2 Å². The van der Waals surface area contributed by atoms with Crippen molar-refractivity contribution in [3.63, 3.8) is 0 Å². The van der Waals surface area contributed by atoms with Crippen molar-refractivity contribution in [2.24, 2.45) is 0 Å². The Hall–Kier alpha value is 1.83. The maximum atomic E-state index is 4.64. The second kappa shape index (κ2) is 67.5. The van der Waals surface area contributed by atoms with E-state index in [9.17, 15) is 0 Å². The van der Waals surface area contributed by atoms with Crippen molar-refractivity contribution in [3.05, 3.63) is 12.8 Å². The summed E-state index contributed by atoms with van der Waals surface area (Å²) in [6, 6.07) is 0. The fraction of sp³-hybridized carbons (Fsp3) is 0. The normalized spacial score (nSPS) is 2.25.